The van der Waals surface area contributed by atoms with Crippen LogP contribution in [0.4, 0.5) is 0 Å². The summed E-state index contributed by atoms with van der Waals surface area (Å²) in [5, 5.41) is 2.25. The van der Waals surface area contributed by atoms with Gasteiger partial charge in [-0.05, 0) is 23.8 Å². The Morgan fingerprint density at radius 2 is 1.47 bits per heavy atom. The molecule has 5 aromatic rings. The number of para-hydroxylation sites is 1. The van der Waals surface area contributed by atoms with Crippen molar-refractivity contribution in [2.75, 3.05) is 0 Å². The smallest absolute Gasteiger partial charge is 0.163 e. The highest BCUT2D eigenvalue weighted by molar-refractivity contribution is 6.04. The summed E-state index contributed by atoms with van der Waals surface area (Å²) >= 11 is 0. The zero-order valence-electron chi connectivity index (χ0n) is 17.4. The Morgan fingerprint density at radius 1 is 0.733 bits per heavy atom. The average molecular weight is 393 g/mol. The molecule has 0 bridgehead atoms. The molecule has 0 fully saturated rings. The molecule has 0 unspecified atom stereocenters. The Bertz CT molecular complexity index is 1350. The van der Waals surface area contributed by atoms with Crippen molar-refractivity contribution in [1.29, 1.82) is 0 Å². The van der Waals surface area contributed by atoms with E-state index < -0.39 is 0 Å². The molecule has 0 saturated heterocycles. The van der Waals surface area contributed by atoms with Gasteiger partial charge in [0, 0.05) is 28.2 Å². The van der Waals surface area contributed by atoms with Crippen LogP contribution in [-0.4, -0.2) is 15.0 Å². The summed E-state index contributed by atoms with van der Waals surface area (Å²) in [7, 11) is 0. The SMILES string of the molecule is CC(C)(C)c1nc(Cc2ccc3oc4ccccc4c3c2)nc(-c2ccccc2)n1. The maximum Gasteiger partial charge on any atom is 0.163 e. The molecule has 4 heteroatoms. The molecule has 0 atom stereocenters. The Hall–Kier alpha value is -3.53. The number of rotatable bonds is 3. The van der Waals surface area contributed by atoms with Gasteiger partial charge >= 0.3 is 0 Å². The van der Waals surface area contributed by atoms with Crippen LogP contribution in [0.2, 0.25) is 0 Å². The largest absolute Gasteiger partial charge is 0.456 e. The Labute approximate surface area is 175 Å². The molecule has 0 aliphatic carbocycles. The molecule has 0 N–H and O–H groups in total. The highest BCUT2D eigenvalue weighted by Crippen LogP contribution is 2.30. The molecule has 0 saturated carbocycles. The van der Waals surface area contributed by atoms with Crippen molar-refractivity contribution in [3.8, 4) is 11.4 Å². The van der Waals surface area contributed by atoms with Crippen LogP contribution in [0.25, 0.3) is 33.3 Å². The van der Waals surface area contributed by atoms with Crippen molar-refractivity contribution in [1.82, 2.24) is 15.0 Å². The van der Waals surface area contributed by atoms with Crippen molar-refractivity contribution in [2.24, 2.45) is 0 Å². The van der Waals surface area contributed by atoms with E-state index in [0.717, 1.165) is 50.5 Å². The summed E-state index contributed by atoms with van der Waals surface area (Å²) in [5.41, 5.74) is 3.80. The lowest BCUT2D eigenvalue weighted by molar-refractivity contribution is 0.538. The lowest BCUT2D eigenvalue weighted by atomic mass is 9.95. The van der Waals surface area contributed by atoms with Gasteiger partial charge in [-0.3, -0.25) is 0 Å². The van der Waals surface area contributed by atoms with Gasteiger partial charge in [0.15, 0.2) is 5.82 Å². The second kappa shape index (κ2) is 7.06. The van der Waals surface area contributed by atoms with E-state index in [4.69, 9.17) is 19.4 Å². The number of fused-ring (bicyclic) bond motifs is 3. The lowest BCUT2D eigenvalue weighted by Crippen LogP contribution is -2.19. The van der Waals surface area contributed by atoms with Crippen molar-refractivity contribution < 1.29 is 4.42 Å². The average Bonchev–Trinajstić information content (AvgIpc) is 3.12. The van der Waals surface area contributed by atoms with E-state index in [-0.39, 0.29) is 5.41 Å². The molecule has 0 aliphatic rings. The van der Waals surface area contributed by atoms with E-state index in [2.05, 4.69) is 39.0 Å². The van der Waals surface area contributed by atoms with Gasteiger partial charge in [0.1, 0.15) is 22.8 Å². The van der Waals surface area contributed by atoms with E-state index in [1.165, 1.54) is 0 Å². The molecule has 4 nitrogen and oxygen atoms in total. The van der Waals surface area contributed by atoms with Crippen molar-refractivity contribution in [3.05, 3.63) is 90.0 Å². The normalized spacial score (nSPS) is 12.0. The maximum atomic E-state index is 5.96. The zero-order chi connectivity index (χ0) is 20.7. The van der Waals surface area contributed by atoms with Gasteiger partial charge in [-0.2, -0.15) is 0 Å². The van der Waals surface area contributed by atoms with Crippen LogP contribution in [0.5, 0.6) is 0 Å². The minimum Gasteiger partial charge on any atom is -0.456 e. The lowest BCUT2D eigenvalue weighted by Gasteiger charge is -2.18. The fourth-order valence-corrected chi connectivity index (χ4v) is 3.62. The van der Waals surface area contributed by atoms with E-state index in [1.807, 2.05) is 54.6 Å². The molecule has 0 spiro atoms. The van der Waals surface area contributed by atoms with E-state index in [9.17, 15) is 0 Å². The number of furan rings is 1. The summed E-state index contributed by atoms with van der Waals surface area (Å²) in [6.07, 6.45) is 0.640. The van der Waals surface area contributed by atoms with Crippen LogP contribution in [0.15, 0.2) is 77.2 Å². The summed E-state index contributed by atoms with van der Waals surface area (Å²) < 4.78 is 5.96. The highest BCUT2D eigenvalue weighted by Gasteiger charge is 2.20. The number of hydrogen-bond acceptors (Lipinski definition) is 4. The molecule has 2 heterocycles. The van der Waals surface area contributed by atoms with E-state index >= 15 is 0 Å². The highest BCUT2D eigenvalue weighted by atomic mass is 16.3. The topological polar surface area (TPSA) is 51.8 Å². The Balaban J connectivity index is 1.59. The number of hydrogen-bond donors (Lipinski definition) is 0. The first-order valence-electron chi connectivity index (χ1n) is 10.2. The number of benzene rings is 3. The van der Waals surface area contributed by atoms with Gasteiger partial charge < -0.3 is 4.42 Å². The minimum atomic E-state index is -0.161. The third-order valence-corrected chi connectivity index (χ3v) is 5.19. The van der Waals surface area contributed by atoms with E-state index in [0.29, 0.717) is 6.42 Å². The fourth-order valence-electron chi connectivity index (χ4n) is 3.62. The van der Waals surface area contributed by atoms with Gasteiger partial charge in [0.25, 0.3) is 0 Å². The zero-order valence-corrected chi connectivity index (χ0v) is 17.4. The molecule has 148 valence electrons. The minimum absolute atomic E-state index is 0.161. The second-order valence-corrected chi connectivity index (χ2v) is 8.62. The molecule has 30 heavy (non-hydrogen) atoms. The molecule has 2 aromatic heterocycles. The van der Waals surface area contributed by atoms with Crippen molar-refractivity contribution in [3.63, 3.8) is 0 Å². The summed E-state index contributed by atoms with van der Waals surface area (Å²) in [6, 6.07) is 24.5. The molecule has 0 aliphatic heterocycles. The quantitative estimate of drug-likeness (QED) is 0.359. The van der Waals surface area contributed by atoms with Crippen molar-refractivity contribution >= 4 is 21.9 Å². The predicted octanol–water partition coefficient (Wildman–Crippen LogP) is 6.33. The van der Waals surface area contributed by atoms with Gasteiger partial charge in [-0.15, -0.1) is 0 Å². The molecule has 0 amide bonds. The third-order valence-electron chi connectivity index (χ3n) is 5.19. The van der Waals surface area contributed by atoms with Gasteiger partial charge in [0.2, 0.25) is 0 Å². The summed E-state index contributed by atoms with van der Waals surface area (Å²) in [6.45, 7) is 6.39. The second-order valence-electron chi connectivity index (χ2n) is 8.62. The third kappa shape index (κ3) is 3.45. The Kier molecular flexibility index (Phi) is 4.35. The van der Waals surface area contributed by atoms with Crippen LogP contribution < -0.4 is 0 Å². The molecule has 5 rings (SSSR count). The molecule has 0 radical (unpaired) electrons. The number of aromatic nitrogens is 3. The standard InChI is InChI=1S/C26H23N3O/c1-26(2,3)25-28-23(27-24(29-25)18-9-5-4-6-10-18)16-17-13-14-22-20(15-17)19-11-7-8-12-21(19)30-22/h4-15H,16H2,1-3H3. The first-order valence-corrected chi connectivity index (χ1v) is 10.2. The molecule has 3 aromatic carbocycles. The van der Waals surface area contributed by atoms with Gasteiger partial charge in [-0.1, -0.05) is 75.4 Å². The van der Waals surface area contributed by atoms with Crippen LogP contribution >= 0.6 is 0 Å². The summed E-state index contributed by atoms with van der Waals surface area (Å²) in [4.78, 5) is 14.4. The van der Waals surface area contributed by atoms with Crippen LogP contribution in [0.3, 0.4) is 0 Å². The van der Waals surface area contributed by atoms with E-state index in [1.54, 1.807) is 0 Å². The molecular weight excluding hydrogens is 370 g/mol. The first kappa shape index (κ1) is 18.5. The molecular formula is C26H23N3O. The van der Waals surface area contributed by atoms with Gasteiger partial charge in [-0.25, -0.2) is 15.0 Å². The monoisotopic (exact) mass is 393 g/mol. The first-order chi connectivity index (χ1) is 14.5. The van der Waals surface area contributed by atoms with Crippen LogP contribution in [-0.2, 0) is 11.8 Å². The summed E-state index contributed by atoms with van der Waals surface area (Å²) in [5.74, 6) is 2.31. The van der Waals surface area contributed by atoms with Crippen LogP contribution in [0, 0.1) is 0 Å². The fraction of sp³-hybridized carbons (Fsp3) is 0.192. The van der Waals surface area contributed by atoms with Gasteiger partial charge in [0.05, 0.1) is 0 Å². The van der Waals surface area contributed by atoms with Crippen molar-refractivity contribution in [2.45, 2.75) is 32.6 Å². The predicted molar refractivity (Wildman–Crippen MR) is 120 cm³/mol. The van der Waals surface area contributed by atoms with Crippen LogP contribution in [0.1, 0.15) is 38.0 Å². The maximum absolute atomic E-state index is 5.96. The Morgan fingerprint density at radius 3 is 2.27 bits per heavy atom. The number of nitrogens with zero attached hydrogens (tertiary/aromatic N) is 3.